The molecule has 1 fully saturated rings. The van der Waals surface area contributed by atoms with Crippen LogP contribution in [0.15, 0.2) is 42.7 Å². The lowest BCUT2D eigenvalue weighted by molar-refractivity contribution is 0.173. The summed E-state index contributed by atoms with van der Waals surface area (Å²) >= 11 is 0. The second kappa shape index (κ2) is 6.47. The van der Waals surface area contributed by atoms with Gasteiger partial charge in [0.15, 0.2) is 11.5 Å². The lowest BCUT2D eigenvalue weighted by Gasteiger charge is -2.25. The molecule has 1 saturated heterocycles. The van der Waals surface area contributed by atoms with E-state index in [0.717, 1.165) is 43.0 Å². The first-order chi connectivity index (χ1) is 11.8. The Kier molecular flexibility index (Phi) is 4.02. The predicted molar refractivity (Wildman–Crippen MR) is 89.1 cm³/mol. The minimum absolute atomic E-state index is 0.00215. The van der Waals surface area contributed by atoms with Crippen LogP contribution in [0.5, 0.6) is 11.5 Å². The number of hydrogen-bond donors (Lipinski definition) is 1. The Hall–Kier alpha value is -2.63. The Morgan fingerprint density at radius 2 is 2.04 bits per heavy atom. The topological polar surface area (TPSA) is 55.7 Å². The van der Waals surface area contributed by atoms with Crippen LogP contribution >= 0.6 is 0 Å². The van der Waals surface area contributed by atoms with E-state index in [0.29, 0.717) is 6.54 Å². The fourth-order valence-electron chi connectivity index (χ4n) is 3.39. The Morgan fingerprint density at radius 3 is 2.92 bits per heavy atom. The van der Waals surface area contributed by atoms with Gasteiger partial charge in [-0.15, -0.1) is 0 Å². The number of rotatable bonds is 4. The van der Waals surface area contributed by atoms with Crippen LogP contribution in [0.2, 0.25) is 0 Å². The Labute approximate surface area is 141 Å². The van der Waals surface area contributed by atoms with Crippen LogP contribution in [0.1, 0.15) is 24.4 Å². The van der Waals surface area contributed by atoms with Gasteiger partial charge in [0.05, 0.1) is 6.04 Å². The molecule has 1 atom stereocenters. The number of carbonyl (C=O) groups is 1. The Morgan fingerprint density at radius 1 is 1.21 bits per heavy atom. The number of nitrogens with zero attached hydrogens (tertiary/aromatic N) is 2. The van der Waals surface area contributed by atoms with E-state index in [4.69, 9.17) is 9.47 Å². The highest BCUT2D eigenvalue weighted by atomic mass is 16.7. The maximum Gasteiger partial charge on any atom is 0.317 e. The molecule has 0 unspecified atom stereocenters. The molecule has 1 aromatic carbocycles. The van der Waals surface area contributed by atoms with E-state index in [-0.39, 0.29) is 18.9 Å². The smallest absolute Gasteiger partial charge is 0.317 e. The van der Waals surface area contributed by atoms with Crippen molar-refractivity contribution in [3.8, 4) is 11.5 Å². The van der Waals surface area contributed by atoms with Crippen molar-refractivity contribution in [2.75, 3.05) is 19.9 Å². The number of hydrogen-bond acceptors (Lipinski definition) is 3. The molecule has 2 aromatic rings. The molecule has 6 heteroatoms. The van der Waals surface area contributed by atoms with E-state index in [1.165, 1.54) is 0 Å². The van der Waals surface area contributed by atoms with Crippen molar-refractivity contribution in [1.29, 1.82) is 0 Å². The average Bonchev–Trinajstić information content (AvgIpc) is 3.34. The van der Waals surface area contributed by atoms with Crippen molar-refractivity contribution < 1.29 is 14.3 Å². The molecule has 1 aromatic heterocycles. The van der Waals surface area contributed by atoms with Gasteiger partial charge in [-0.05, 0) is 42.7 Å². The van der Waals surface area contributed by atoms with E-state index < -0.39 is 0 Å². The summed E-state index contributed by atoms with van der Waals surface area (Å²) in [4.78, 5) is 14.5. The molecule has 2 amide bonds. The molecule has 0 bridgehead atoms. The van der Waals surface area contributed by atoms with Crippen LogP contribution in [-0.4, -0.2) is 35.4 Å². The first kappa shape index (κ1) is 14.9. The number of amides is 2. The van der Waals surface area contributed by atoms with Gasteiger partial charge in [-0.1, -0.05) is 6.07 Å². The first-order valence-corrected chi connectivity index (χ1v) is 8.36. The van der Waals surface area contributed by atoms with Crippen molar-refractivity contribution in [2.45, 2.75) is 25.4 Å². The number of benzene rings is 1. The van der Waals surface area contributed by atoms with Crippen molar-refractivity contribution in [3.63, 3.8) is 0 Å². The zero-order chi connectivity index (χ0) is 16.4. The molecule has 4 rings (SSSR count). The number of fused-ring (bicyclic) bond motifs is 1. The van der Waals surface area contributed by atoms with Gasteiger partial charge >= 0.3 is 6.03 Å². The third-order valence-corrected chi connectivity index (χ3v) is 4.61. The fourth-order valence-corrected chi connectivity index (χ4v) is 3.39. The summed E-state index contributed by atoms with van der Waals surface area (Å²) in [5, 5.41) is 3.03. The van der Waals surface area contributed by atoms with E-state index in [1.54, 1.807) is 0 Å². The van der Waals surface area contributed by atoms with E-state index in [1.807, 2.05) is 47.6 Å². The summed E-state index contributed by atoms with van der Waals surface area (Å²) in [6.45, 7) is 2.46. The average molecular weight is 327 g/mol. The SMILES string of the molecule is O=C(NCCn1cccc1)N1CCC[C@@H]1c1ccc2c(c1)OCO2. The van der Waals surface area contributed by atoms with Crippen molar-refractivity contribution in [1.82, 2.24) is 14.8 Å². The van der Waals surface area contributed by atoms with Crippen molar-refractivity contribution in [3.05, 3.63) is 48.3 Å². The first-order valence-electron chi connectivity index (χ1n) is 8.36. The zero-order valence-electron chi connectivity index (χ0n) is 13.5. The molecule has 6 nitrogen and oxygen atoms in total. The third-order valence-electron chi connectivity index (χ3n) is 4.61. The second-order valence-electron chi connectivity index (χ2n) is 6.12. The largest absolute Gasteiger partial charge is 0.454 e. The number of nitrogens with one attached hydrogen (secondary N) is 1. The van der Waals surface area contributed by atoms with Crippen LogP contribution in [0.4, 0.5) is 4.79 Å². The molecule has 2 aliphatic rings. The molecule has 1 N–H and O–H groups in total. The maximum atomic E-state index is 12.5. The quantitative estimate of drug-likeness (QED) is 0.939. The zero-order valence-corrected chi connectivity index (χ0v) is 13.5. The van der Waals surface area contributed by atoms with Gasteiger partial charge in [0, 0.05) is 32.0 Å². The molecule has 24 heavy (non-hydrogen) atoms. The van der Waals surface area contributed by atoms with Gasteiger partial charge in [-0.2, -0.15) is 0 Å². The monoisotopic (exact) mass is 327 g/mol. The molecular weight excluding hydrogens is 306 g/mol. The molecule has 0 aliphatic carbocycles. The van der Waals surface area contributed by atoms with Crippen LogP contribution < -0.4 is 14.8 Å². The normalized spacial score (nSPS) is 18.8. The van der Waals surface area contributed by atoms with Crippen LogP contribution in [0.3, 0.4) is 0 Å². The summed E-state index contributed by atoms with van der Waals surface area (Å²) in [7, 11) is 0. The highest BCUT2D eigenvalue weighted by Crippen LogP contribution is 2.38. The molecule has 126 valence electrons. The van der Waals surface area contributed by atoms with Crippen LogP contribution in [0, 0.1) is 0 Å². The van der Waals surface area contributed by atoms with Crippen molar-refractivity contribution in [2.24, 2.45) is 0 Å². The van der Waals surface area contributed by atoms with Gasteiger partial charge < -0.3 is 24.3 Å². The fraction of sp³-hybridized carbons (Fsp3) is 0.389. The third kappa shape index (κ3) is 2.91. The van der Waals surface area contributed by atoms with Gasteiger partial charge in [0.25, 0.3) is 0 Å². The molecular formula is C18H21N3O3. The van der Waals surface area contributed by atoms with E-state index in [9.17, 15) is 4.79 Å². The number of aromatic nitrogens is 1. The molecule has 3 heterocycles. The number of likely N-dealkylation sites (tertiary alicyclic amines) is 1. The minimum atomic E-state index is 0.00215. The van der Waals surface area contributed by atoms with Gasteiger partial charge in [0.1, 0.15) is 0 Å². The standard InChI is InChI=1S/C18H21N3O3/c22-18(19-7-11-20-8-1-2-9-20)21-10-3-4-15(21)14-5-6-16-17(12-14)24-13-23-16/h1-2,5-6,8-9,12,15H,3-4,7,10-11,13H2,(H,19,22)/t15-/m1/s1. The summed E-state index contributed by atoms with van der Waals surface area (Å²) in [6.07, 6.45) is 5.99. The van der Waals surface area contributed by atoms with Crippen LogP contribution in [0.25, 0.3) is 0 Å². The summed E-state index contributed by atoms with van der Waals surface area (Å²) in [6, 6.07) is 10.0. The van der Waals surface area contributed by atoms with E-state index in [2.05, 4.69) is 9.88 Å². The molecule has 2 aliphatic heterocycles. The summed E-state index contributed by atoms with van der Waals surface area (Å²) < 4.78 is 12.9. The highest BCUT2D eigenvalue weighted by Gasteiger charge is 2.30. The van der Waals surface area contributed by atoms with Gasteiger partial charge in [-0.3, -0.25) is 0 Å². The molecule has 0 spiro atoms. The van der Waals surface area contributed by atoms with Crippen molar-refractivity contribution >= 4 is 6.03 Å². The Bertz CT molecular complexity index is 714. The number of carbonyl (C=O) groups excluding carboxylic acids is 1. The van der Waals surface area contributed by atoms with Gasteiger partial charge in [-0.25, -0.2) is 4.79 Å². The lowest BCUT2D eigenvalue weighted by atomic mass is 10.0. The summed E-state index contributed by atoms with van der Waals surface area (Å²) in [5.41, 5.74) is 1.11. The van der Waals surface area contributed by atoms with E-state index >= 15 is 0 Å². The minimum Gasteiger partial charge on any atom is -0.454 e. The number of ether oxygens (including phenoxy) is 2. The lowest BCUT2D eigenvalue weighted by Crippen LogP contribution is -2.40. The summed E-state index contributed by atoms with van der Waals surface area (Å²) in [5.74, 6) is 1.55. The van der Waals surface area contributed by atoms with Gasteiger partial charge in [0.2, 0.25) is 6.79 Å². The molecule has 0 saturated carbocycles. The van der Waals surface area contributed by atoms with Crippen LogP contribution in [-0.2, 0) is 6.54 Å². The predicted octanol–water partition coefficient (Wildman–Crippen LogP) is 2.76. The number of urea groups is 1. The molecule has 0 radical (unpaired) electrons. The highest BCUT2D eigenvalue weighted by molar-refractivity contribution is 5.75. The maximum absolute atomic E-state index is 12.5. The second-order valence-corrected chi connectivity index (χ2v) is 6.12. The Balaban J connectivity index is 1.39.